The lowest BCUT2D eigenvalue weighted by Crippen LogP contribution is -2.09. The zero-order valence-electron chi connectivity index (χ0n) is 8.02. The molecule has 1 fully saturated rings. The van der Waals surface area contributed by atoms with E-state index in [9.17, 15) is 0 Å². The van der Waals surface area contributed by atoms with E-state index in [1.54, 1.807) is 0 Å². The lowest BCUT2D eigenvalue weighted by Gasteiger charge is -2.24. The lowest BCUT2D eigenvalue weighted by atomic mass is 9.82. The second-order valence-corrected chi connectivity index (χ2v) is 3.09. The fourth-order valence-electron chi connectivity index (χ4n) is 1.19. The van der Waals surface area contributed by atoms with E-state index in [-0.39, 0.29) is 12.4 Å². The predicted molar refractivity (Wildman–Crippen MR) is 54.5 cm³/mol. The van der Waals surface area contributed by atoms with Crippen molar-refractivity contribution in [1.82, 2.24) is 5.32 Å². The van der Waals surface area contributed by atoms with E-state index in [2.05, 4.69) is 12.2 Å². The van der Waals surface area contributed by atoms with Gasteiger partial charge in [-0.15, -0.1) is 12.4 Å². The third-order valence-electron chi connectivity index (χ3n) is 1.92. The van der Waals surface area contributed by atoms with Crippen molar-refractivity contribution in [1.29, 1.82) is 0 Å². The van der Waals surface area contributed by atoms with Crippen LogP contribution >= 0.6 is 12.4 Å². The molecule has 0 radical (unpaired) electrons. The molecule has 1 rings (SSSR count). The molecule has 2 heteroatoms. The highest BCUT2D eigenvalue weighted by Gasteiger charge is 2.14. The molecule has 1 aliphatic rings. The van der Waals surface area contributed by atoms with Gasteiger partial charge in [0.15, 0.2) is 0 Å². The van der Waals surface area contributed by atoms with Gasteiger partial charge in [0.25, 0.3) is 0 Å². The first-order valence-electron chi connectivity index (χ1n) is 4.43. The van der Waals surface area contributed by atoms with Gasteiger partial charge < -0.3 is 5.32 Å². The molecule has 1 N–H and O–H groups in total. The Bertz CT molecular complexity index is 62.6. The van der Waals surface area contributed by atoms with E-state index in [1.807, 2.05) is 14.1 Å². The van der Waals surface area contributed by atoms with Crippen molar-refractivity contribution in [3.63, 3.8) is 0 Å². The molecule has 1 nitrogen and oxygen atoms in total. The normalized spacial score (nSPS) is 15.5. The van der Waals surface area contributed by atoms with Crippen LogP contribution in [-0.4, -0.2) is 14.1 Å². The molecule has 0 aromatic heterocycles. The minimum atomic E-state index is 0. The molecule has 0 amide bonds. The molecular formula is C9H22ClN. The van der Waals surface area contributed by atoms with Crippen molar-refractivity contribution in [3.8, 4) is 0 Å². The largest absolute Gasteiger partial charge is 0.323 e. The molecule has 0 aliphatic heterocycles. The van der Waals surface area contributed by atoms with E-state index in [0.717, 1.165) is 5.92 Å². The van der Waals surface area contributed by atoms with Crippen LogP contribution in [0.15, 0.2) is 0 Å². The highest BCUT2D eigenvalue weighted by atomic mass is 35.5. The van der Waals surface area contributed by atoms with Crippen LogP contribution in [0.3, 0.4) is 0 Å². The van der Waals surface area contributed by atoms with Crippen LogP contribution in [0.4, 0.5) is 0 Å². The zero-order chi connectivity index (χ0) is 7.82. The highest BCUT2D eigenvalue weighted by Crippen LogP contribution is 2.29. The maximum absolute atomic E-state index is 2.75. The van der Waals surface area contributed by atoms with Crippen molar-refractivity contribution < 1.29 is 0 Å². The van der Waals surface area contributed by atoms with Crippen molar-refractivity contribution in [2.24, 2.45) is 5.92 Å². The summed E-state index contributed by atoms with van der Waals surface area (Å²) in [7, 11) is 3.75. The minimum absolute atomic E-state index is 0. The molecule has 0 aromatic carbocycles. The minimum Gasteiger partial charge on any atom is -0.323 e. The SMILES string of the molecule is CCCC1CCC1.CNC.Cl. The van der Waals surface area contributed by atoms with Gasteiger partial charge in [0.1, 0.15) is 0 Å². The van der Waals surface area contributed by atoms with Crippen molar-refractivity contribution in [2.45, 2.75) is 39.0 Å². The second kappa shape index (κ2) is 10.2. The second-order valence-electron chi connectivity index (χ2n) is 3.09. The highest BCUT2D eigenvalue weighted by molar-refractivity contribution is 5.85. The van der Waals surface area contributed by atoms with Crippen LogP contribution in [0.2, 0.25) is 0 Å². The van der Waals surface area contributed by atoms with Gasteiger partial charge in [0.2, 0.25) is 0 Å². The fourth-order valence-corrected chi connectivity index (χ4v) is 1.19. The maximum Gasteiger partial charge on any atom is -0.0167 e. The number of nitrogens with one attached hydrogen (secondary N) is 1. The Morgan fingerprint density at radius 2 is 1.73 bits per heavy atom. The van der Waals surface area contributed by atoms with Gasteiger partial charge >= 0.3 is 0 Å². The van der Waals surface area contributed by atoms with E-state index in [1.165, 1.54) is 32.1 Å². The van der Waals surface area contributed by atoms with Gasteiger partial charge in [-0.3, -0.25) is 0 Å². The molecule has 0 saturated heterocycles. The Balaban J connectivity index is 0. The summed E-state index contributed by atoms with van der Waals surface area (Å²) in [6, 6.07) is 0. The van der Waals surface area contributed by atoms with Gasteiger partial charge in [-0.05, 0) is 20.0 Å². The van der Waals surface area contributed by atoms with E-state index < -0.39 is 0 Å². The van der Waals surface area contributed by atoms with Gasteiger partial charge in [0.05, 0.1) is 0 Å². The molecule has 1 saturated carbocycles. The summed E-state index contributed by atoms with van der Waals surface area (Å²) in [6.07, 6.45) is 7.43. The first kappa shape index (κ1) is 13.8. The van der Waals surface area contributed by atoms with E-state index >= 15 is 0 Å². The fraction of sp³-hybridized carbons (Fsp3) is 1.00. The number of hydrogen-bond donors (Lipinski definition) is 1. The first-order valence-corrected chi connectivity index (χ1v) is 4.43. The van der Waals surface area contributed by atoms with Crippen LogP contribution < -0.4 is 5.32 Å². The Morgan fingerprint density at radius 3 is 1.82 bits per heavy atom. The number of hydrogen-bond acceptors (Lipinski definition) is 1. The van der Waals surface area contributed by atoms with Crippen LogP contribution in [0.25, 0.3) is 0 Å². The number of halogens is 1. The molecule has 0 aromatic rings. The Morgan fingerprint density at radius 1 is 1.27 bits per heavy atom. The molecule has 70 valence electrons. The van der Waals surface area contributed by atoms with Crippen molar-refractivity contribution in [2.75, 3.05) is 14.1 Å². The van der Waals surface area contributed by atoms with Crippen LogP contribution in [0.1, 0.15) is 39.0 Å². The predicted octanol–water partition coefficient (Wildman–Crippen LogP) is 2.84. The standard InChI is InChI=1S/C7H14.C2H7N.ClH/c1-2-4-7-5-3-6-7;1-3-2;/h7H,2-6H2,1H3;3H,1-2H3;1H. The smallest absolute Gasteiger partial charge is 0.0167 e. The topological polar surface area (TPSA) is 12.0 Å². The first-order chi connectivity index (χ1) is 4.85. The molecule has 0 unspecified atom stereocenters. The third-order valence-corrected chi connectivity index (χ3v) is 1.92. The summed E-state index contributed by atoms with van der Waals surface area (Å²) in [6.45, 7) is 2.28. The Labute approximate surface area is 77.4 Å². The average Bonchev–Trinajstić information content (AvgIpc) is 1.81. The maximum atomic E-state index is 2.75. The number of rotatable bonds is 2. The average molecular weight is 180 g/mol. The Hall–Kier alpha value is 0.250. The van der Waals surface area contributed by atoms with E-state index in [0.29, 0.717) is 0 Å². The summed E-state index contributed by atoms with van der Waals surface area (Å²) in [5, 5.41) is 2.75. The summed E-state index contributed by atoms with van der Waals surface area (Å²) in [4.78, 5) is 0. The summed E-state index contributed by atoms with van der Waals surface area (Å²) >= 11 is 0. The molecule has 0 heterocycles. The van der Waals surface area contributed by atoms with Crippen molar-refractivity contribution >= 4 is 12.4 Å². The lowest BCUT2D eigenvalue weighted by molar-refractivity contribution is 0.294. The summed E-state index contributed by atoms with van der Waals surface area (Å²) in [5.74, 6) is 1.13. The molecule has 1 aliphatic carbocycles. The molecule has 0 bridgehead atoms. The van der Waals surface area contributed by atoms with Gasteiger partial charge in [-0.2, -0.15) is 0 Å². The summed E-state index contributed by atoms with van der Waals surface area (Å²) in [5.41, 5.74) is 0. The van der Waals surface area contributed by atoms with Crippen LogP contribution in [0, 0.1) is 5.92 Å². The van der Waals surface area contributed by atoms with Gasteiger partial charge in [-0.25, -0.2) is 0 Å². The monoisotopic (exact) mass is 179 g/mol. The van der Waals surface area contributed by atoms with Gasteiger partial charge in [-0.1, -0.05) is 39.0 Å². The third kappa shape index (κ3) is 8.15. The van der Waals surface area contributed by atoms with Crippen LogP contribution in [0.5, 0.6) is 0 Å². The van der Waals surface area contributed by atoms with E-state index in [4.69, 9.17) is 0 Å². The quantitative estimate of drug-likeness (QED) is 0.688. The molecule has 0 atom stereocenters. The molecule has 0 spiro atoms. The zero-order valence-corrected chi connectivity index (χ0v) is 8.84. The van der Waals surface area contributed by atoms with Gasteiger partial charge in [0, 0.05) is 0 Å². The summed E-state index contributed by atoms with van der Waals surface area (Å²) < 4.78 is 0. The van der Waals surface area contributed by atoms with Crippen LogP contribution in [-0.2, 0) is 0 Å². The van der Waals surface area contributed by atoms with Crippen molar-refractivity contribution in [3.05, 3.63) is 0 Å². The Kier molecular flexibility index (Phi) is 12.9. The molecular weight excluding hydrogens is 158 g/mol. The molecule has 11 heavy (non-hydrogen) atoms.